The van der Waals surface area contributed by atoms with Gasteiger partial charge in [0.25, 0.3) is 5.91 Å². The molecule has 0 bridgehead atoms. The van der Waals surface area contributed by atoms with Crippen LogP contribution < -0.4 is 0 Å². The Morgan fingerprint density at radius 2 is 1.95 bits per heavy atom. The number of likely N-dealkylation sites (tertiary alicyclic amines) is 1. The molecule has 3 rings (SSSR count). The van der Waals surface area contributed by atoms with Gasteiger partial charge in [-0.05, 0) is 44.4 Å². The molecule has 114 valence electrons. The van der Waals surface area contributed by atoms with Crippen LogP contribution in [-0.2, 0) is 0 Å². The smallest absolute Gasteiger partial charge is 0.273 e. The van der Waals surface area contributed by atoms with E-state index in [1.54, 1.807) is 18.2 Å². The van der Waals surface area contributed by atoms with E-state index in [4.69, 9.17) is 11.6 Å². The SMILES string of the molecule is Cc1cc(C)cc(C2CCCN2C(=O)c2cccc(Cl)n2)c1. The number of pyridine rings is 1. The minimum atomic E-state index is -0.0378. The van der Waals surface area contributed by atoms with Crippen molar-refractivity contribution >= 4 is 17.5 Å². The van der Waals surface area contributed by atoms with Gasteiger partial charge in [-0.2, -0.15) is 0 Å². The van der Waals surface area contributed by atoms with E-state index in [2.05, 4.69) is 37.0 Å². The van der Waals surface area contributed by atoms with Gasteiger partial charge in [0.2, 0.25) is 0 Å². The van der Waals surface area contributed by atoms with Crippen LogP contribution in [0.15, 0.2) is 36.4 Å². The summed E-state index contributed by atoms with van der Waals surface area (Å²) >= 11 is 5.91. The Morgan fingerprint density at radius 1 is 1.23 bits per heavy atom. The molecule has 4 heteroatoms. The maximum absolute atomic E-state index is 12.8. The lowest BCUT2D eigenvalue weighted by atomic mass is 9.99. The number of hydrogen-bond acceptors (Lipinski definition) is 2. The molecule has 1 unspecified atom stereocenters. The third-order valence-electron chi connectivity index (χ3n) is 4.08. The average Bonchev–Trinajstić information content (AvgIpc) is 2.95. The highest BCUT2D eigenvalue weighted by atomic mass is 35.5. The number of benzene rings is 1. The zero-order valence-electron chi connectivity index (χ0n) is 12.8. The molecule has 1 aliphatic heterocycles. The third kappa shape index (κ3) is 3.00. The molecule has 1 fully saturated rings. The molecule has 0 radical (unpaired) electrons. The Bertz CT molecular complexity index is 694. The highest BCUT2D eigenvalue weighted by Gasteiger charge is 2.31. The van der Waals surface area contributed by atoms with Crippen LogP contribution >= 0.6 is 11.6 Å². The van der Waals surface area contributed by atoms with Crippen LogP contribution in [0.1, 0.15) is 46.1 Å². The second-order valence-corrected chi connectivity index (χ2v) is 6.31. The Hall–Kier alpha value is -1.87. The van der Waals surface area contributed by atoms with Gasteiger partial charge >= 0.3 is 0 Å². The molecule has 1 aromatic carbocycles. The van der Waals surface area contributed by atoms with Crippen molar-refractivity contribution in [1.82, 2.24) is 9.88 Å². The molecule has 1 amide bonds. The van der Waals surface area contributed by atoms with E-state index < -0.39 is 0 Å². The molecule has 0 N–H and O–H groups in total. The van der Waals surface area contributed by atoms with E-state index in [0.717, 1.165) is 19.4 Å². The summed E-state index contributed by atoms with van der Waals surface area (Å²) in [7, 11) is 0. The van der Waals surface area contributed by atoms with E-state index >= 15 is 0 Å². The topological polar surface area (TPSA) is 33.2 Å². The van der Waals surface area contributed by atoms with E-state index in [1.165, 1.54) is 16.7 Å². The first-order chi connectivity index (χ1) is 10.5. The number of nitrogens with zero attached hydrogens (tertiary/aromatic N) is 2. The summed E-state index contributed by atoms with van der Waals surface area (Å²) in [6.45, 7) is 4.96. The fraction of sp³-hybridized carbons (Fsp3) is 0.333. The van der Waals surface area contributed by atoms with Crippen LogP contribution in [-0.4, -0.2) is 22.3 Å². The molecule has 2 heterocycles. The van der Waals surface area contributed by atoms with Crippen LogP contribution in [0.3, 0.4) is 0 Å². The van der Waals surface area contributed by atoms with Crippen molar-refractivity contribution in [2.75, 3.05) is 6.54 Å². The van der Waals surface area contributed by atoms with Crippen molar-refractivity contribution in [3.05, 3.63) is 63.9 Å². The maximum Gasteiger partial charge on any atom is 0.273 e. The van der Waals surface area contributed by atoms with Crippen molar-refractivity contribution in [2.24, 2.45) is 0 Å². The summed E-state index contributed by atoms with van der Waals surface area (Å²) in [6, 6.07) is 11.8. The van der Waals surface area contributed by atoms with Gasteiger partial charge in [-0.1, -0.05) is 47.0 Å². The quantitative estimate of drug-likeness (QED) is 0.773. The molecule has 1 atom stereocenters. The summed E-state index contributed by atoms with van der Waals surface area (Å²) in [6.07, 6.45) is 2.01. The van der Waals surface area contributed by atoms with Gasteiger partial charge in [0.1, 0.15) is 10.8 Å². The molecule has 1 aromatic heterocycles. The van der Waals surface area contributed by atoms with Crippen molar-refractivity contribution in [1.29, 1.82) is 0 Å². The normalized spacial score (nSPS) is 17.8. The predicted octanol–water partition coefficient (Wildman–Crippen LogP) is 4.33. The zero-order valence-corrected chi connectivity index (χ0v) is 13.6. The molecular weight excluding hydrogens is 296 g/mol. The Kier molecular flexibility index (Phi) is 4.16. The molecule has 2 aromatic rings. The lowest BCUT2D eigenvalue weighted by Gasteiger charge is -2.25. The van der Waals surface area contributed by atoms with E-state index in [-0.39, 0.29) is 11.9 Å². The first-order valence-corrected chi connectivity index (χ1v) is 7.94. The van der Waals surface area contributed by atoms with Crippen LogP contribution in [0.25, 0.3) is 0 Å². The minimum Gasteiger partial charge on any atom is -0.330 e. The zero-order chi connectivity index (χ0) is 15.7. The van der Waals surface area contributed by atoms with Gasteiger partial charge in [-0.25, -0.2) is 4.98 Å². The summed E-state index contributed by atoms with van der Waals surface area (Å²) in [5.41, 5.74) is 4.10. The first kappa shape index (κ1) is 15.0. The minimum absolute atomic E-state index is 0.0378. The Balaban J connectivity index is 1.91. The molecule has 0 saturated carbocycles. The molecule has 3 nitrogen and oxygen atoms in total. The van der Waals surface area contributed by atoms with Crippen molar-refractivity contribution in [3.8, 4) is 0 Å². The van der Waals surface area contributed by atoms with Crippen molar-refractivity contribution in [2.45, 2.75) is 32.7 Å². The summed E-state index contributed by atoms with van der Waals surface area (Å²) in [4.78, 5) is 18.8. The lowest BCUT2D eigenvalue weighted by molar-refractivity contribution is 0.0729. The standard InChI is InChI=1S/C18H19ClN2O/c1-12-9-13(2)11-14(10-12)16-6-4-8-21(16)18(22)15-5-3-7-17(19)20-15/h3,5,7,9-11,16H,4,6,8H2,1-2H3. The molecule has 1 saturated heterocycles. The fourth-order valence-corrected chi connectivity index (χ4v) is 3.40. The number of halogens is 1. The number of amides is 1. The average molecular weight is 315 g/mol. The maximum atomic E-state index is 12.8. The number of carbonyl (C=O) groups excluding carboxylic acids is 1. The third-order valence-corrected chi connectivity index (χ3v) is 4.29. The Labute approximate surface area is 135 Å². The first-order valence-electron chi connectivity index (χ1n) is 7.56. The van der Waals surface area contributed by atoms with Gasteiger partial charge in [0.05, 0.1) is 6.04 Å². The van der Waals surface area contributed by atoms with Gasteiger partial charge < -0.3 is 4.90 Å². The number of aromatic nitrogens is 1. The molecule has 22 heavy (non-hydrogen) atoms. The van der Waals surface area contributed by atoms with Gasteiger partial charge in [0.15, 0.2) is 0 Å². The summed E-state index contributed by atoms with van der Waals surface area (Å²) in [5.74, 6) is -0.0378. The van der Waals surface area contributed by atoms with Crippen molar-refractivity contribution in [3.63, 3.8) is 0 Å². The highest BCUT2D eigenvalue weighted by Crippen LogP contribution is 2.33. The Morgan fingerprint density at radius 3 is 2.64 bits per heavy atom. The van der Waals surface area contributed by atoms with Gasteiger partial charge in [0, 0.05) is 6.54 Å². The van der Waals surface area contributed by atoms with Crippen LogP contribution in [0.5, 0.6) is 0 Å². The predicted molar refractivity (Wildman–Crippen MR) is 88.2 cm³/mol. The molecule has 1 aliphatic rings. The van der Waals surface area contributed by atoms with E-state index in [0.29, 0.717) is 10.8 Å². The second-order valence-electron chi connectivity index (χ2n) is 5.92. The van der Waals surface area contributed by atoms with Gasteiger partial charge in [-0.15, -0.1) is 0 Å². The van der Waals surface area contributed by atoms with E-state index in [9.17, 15) is 4.79 Å². The lowest BCUT2D eigenvalue weighted by Crippen LogP contribution is -2.31. The summed E-state index contributed by atoms with van der Waals surface area (Å²) in [5, 5.41) is 0.355. The molecular formula is C18H19ClN2O. The van der Waals surface area contributed by atoms with Crippen LogP contribution in [0.2, 0.25) is 5.15 Å². The monoisotopic (exact) mass is 314 g/mol. The second kappa shape index (κ2) is 6.09. The number of rotatable bonds is 2. The largest absolute Gasteiger partial charge is 0.330 e. The van der Waals surface area contributed by atoms with Crippen LogP contribution in [0, 0.1) is 13.8 Å². The fourth-order valence-electron chi connectivity index (χ4n) is 3.23. The number of carbonyl (C=O) groups is 1. The van der Waals surface area contributed by atoms with E-state index in [1.807, 2.05) is 4.90 Å². The number of hydrogen-bond donors (Lipinski definition) is 0. The summed E-state index contributed by atoms with van der Waals surface area (Å²) < 4.78 is 0. The molecule has 0 aliphatic carbocycles. The molecule has 0 spiro atoms. The van der Waals surface area contributed by atoms with Gasteiger partial charge in [-0.3, -0.25) is 4.79 Å². The number of aryl methyl sites for hydroxylation is 2. The van der Waals surface area contributed by atoms with Crippen LogP contribution in [0.4, 0.5) is 0 Å². The highest BCUT2D eigenvalue weighted by molar-refractivity contribution is 6.29. The van der Waals surface area contributed by atoms with Crippen molar-refractivity contribution < 1.29 is 4.79 Å².